The first-order valence-corrected chi connectivity index (χ1v) is 7.29. The lowest BCUT2D eigenvalue weighted by Gasteiger charge is -2.30. The molecule has 1 rings (SSSR count). The van der Waals surface area contributed by atoms with Gasteiger partial charge in [0.2, 0.25) is 0 Å². The lowest BCUT2D eigenvalue weighted by atomic mass is 9.87. The Balaban J connectivity index is 2.10. The fraction of sp³-hybridized carbons (Fsp3) is 1.00. The molecular weight excluding hydrogens is 208 g/mol. The van der Waals surface area contributed by atoms with Crippen LogP contribution in [-0.4, -0.2) is 37.6 Å². The Morgan fingerprint density at radius 1 is 1.24 bits per heavy atom. The van der Waals surface area contributed by atoms with E-state index < -0.39 is 0 Å². The maximum Gasteiger partial charge on any atom is 0.0104 e. The molecule has 1 fully saturated rings. The minimum Gasteiger partial charge on any atom is -0.313 e. The van der Waals surface area contributed by atoms with Gasteiger partial charge in [0.15, 0.2) is 0 Å². The summed E-state index contributed by atoms with van der Waals surface area (Å²) in [5.74, 6) is 0.925. The molecule has 0 aromatic rings. The molecule has 0 aliphatic heterocycles. The fourth-order valence-corrected chi connectivity index (χ4v) is 2.97. The molecule has 0 aromatic carbocycles. The molecular formula is C15H32N2. The molecule has 0 saturated heterocycles. The molecule has 2 heteroatoms. The zero-order valence-corrected chi connectivity index (χ0v) is 12.6. The van der Waals surface area contributed by atoms with Crippen molar-refractivity contribution >= 4 is 0 Å². The Kier molecular flexibility index (Phi) is 5.94. The number of hydrogen-bond acceptors (Lipinski definition) is 2. The van der Waals surface area contributed by atoms with Gasteiger partial charge in [-0.15, -0.1) is 0 Å². The van der Waals surface area contributed by atoms with Gasteiger partial charge in [0.1, 0.15) is 0 Å². The highest BCUT2D eigenvalue weighted by atomic mass is 15.1. The number of rotatable bonds is 5. The summed E-state index contributed by atoms with van der Waals surface area (Å²) < 4.78 is 0. The summed E-state index contributed by atoms with van der Waals surface area (Å²) in [4.78, 5) is 2.44. The zero-order chi connectivity index (χ0) is 12.9. The number of nitrogens with one attached hydrogen (secondary N) is 1. The van der Waals surface area contributed by atoms with E-state index in [1.807, 2.05) is 0 Å². The molecule has 0 bridgehead atoms. The second kappa shape index (κ2) is 6.75. The molecule has 1 aliphatic rings. The number of likely N-dealkylation sites (N-methyl/N-ethyl adjacent to an activating group) is 1. The fourth-order valence-electron chi connectivity index (χ4n) is 2.97. The quantitative estimate of drug-likeness (QED) is 0.794. The molecule has 0 aromatic heterocycles. The molecule has 0 radical (unpaired) electrons. The van der Waals surface area contributed by atoms with E-state index in [2.05, 4.69) is 45.0 Å². The van der Waals surface area contributed by atoms with E-state index in [9.17, 15) is 0 Å². The summed E-state index contributed by atoms with van der Waals surface area (Å²) in [5.41, 5.74) is 0.411. The van der Waals surface area contributed by atoms with Crippen LogP contribution in [0.25, 0.3) is 0 Å². The van der Waals surface area contributed by atoms with Gasteiger partial charge in [-0.2, -0.15) is 0 Å². The summed E-state index contributed by atoms with van der Waals surface area (Å²) in [5, 5.41) is 3.73. The van der Waals surface area contributed by atoms with Crippen molar-refractivity contribution < 1.29 is 0 Å². The normalized spacial score (nSPS) is 26.5. The molecule has 0 spiro atoms. The van der Waals surface area contributed by atoms with Crippen LogP contribution >= 0.6 is 0 Å². The second-order valence-electron chi connectivity index (χ2n) is 7.22. The smallest absolute Gasteiger partial charge is 0.0104 e. The Morgan fingerprint density at radius 2 is 1.94 bits per heavy atom. The Bertz CT molecular complexity index is 207. The van der Waals surface area contributed by atoms with Crippen molar-refractivity contribution in [2.24, 2.45) is 11.3 Å². The van der Waals surface area contributed by atoms with Crippen molar-refractivity contribution in [3.8, 4) is 0 Å². The number of nitrogens with zero attached hydrogens (tertiary/aromatic N) is 1. The summed E-state index contributed by atoms with van der Waals surface area (Å²) in [7, 11) is 2.23. The van der Waals surface area contributed by atoms with E-state index in [1.54, 1.807) is 0 Å². The SMILES string of the molecule is CC1CCCC(NCCN(C)CC(C)(C)C)C1. The highest BCUT2D eigenvalue weighted by molar-refractivity contribution is 4.76. The third-order valence-corrected chi connectivity index (χ3v) is 3.61. The van der Waals surface area contributed by atoms with Crippen molar-refractivity contribution in [2.75, 3.05) is 26.7 Å². The molecule has 1 saturated carbocycles. The topological polar surface area (TPSA) is 15.3 Å². The molecule has 102 valence electrons. The molecule has 0 amide bonds. The summed E-state index contributed by atoms with van der Waals surface area (Å²) in [6.07, 6.45) is 5.61. The standard InChI is InChI=1S/C15H32N2/c1-13-7-6-8-14(11-13)16-9-10-17(5)12-15(2,3)4/h13-14,16H,6-12H2,1-5H3. The van der Waals surface area contributed by atoms with Crippen LogP contribution in [0.2, 0.25) is 0 Å². The molecule has 1 aliphatic carbocycles. The first-order valence-electron chi connectivity index (χ1n) is 7.29. The summed E-state index contributed by atoms with van der Waals surface area (Å²) in [6.45, 7) is 12.8. The lowest BCUT2D eigenvalue weighted by molar-refractivity contribution is 0.219. The van der Waals surface area contributed by atoms with Crippen LogP contribution in [0, 0.1) is 11.3 Å². The molecule has 2 nitrogen and oxygen atoms in total. The summed E-state index contributed by atoms with van der Waals surface area (Å²) >= 11 is 0. The van der Waals surface area contributed by atoms with Gasteiger partial charge in [-0.3, -0.25) is 0 Å². The van der Waals surface area contributed by atoms with Crippen LogP contribution in [0.15, 0.2) is 0 Å². The average molecular weight is 240 g/mol. The van der Waals surface area contributed by atoms with Crippen LogP contribution in [0.1, 0.15) is 53.4 Å². The van der Waals surface area contributed by atoms with Gasteiger partial charge in [0.05, 0.1) is 0 Å². The Hall–Kier alpha value is -0.0800. The second-order valence-corrected chi connectivity index (χ2v) is 7.22. The van der Waals surface area contributed by atoms with Gasteiger partial charge in [-0.1, -0.05) is 40.5 Å². The minimum atomic E-state index is 0.411. The molecule has 17 heavy (non-hydrogen) atoms. The van der Waals surface area contributed by atoms with Gasteiger partial charge < -0.3 is 10.2 Å². The first kappa shape index (κ1) is 15.0. The van der Waals surface area contributed by atoms with E-state index in [-0.39, 0.29) is 0 Å². The van der Waals surface area contributed by atoms with Crippen molar-refractivity contribution in [3.63, 3.8) is 0 Å². The predicted molar refractivity (Wildman–Crippen MR) is 76.4 cm³/mol. The van der Waals surface area contributed by atoms with E-state index in [1.165, 1.54) is 38.8 Å². The highest BCUT2D eigenvalue weighted by Gasteiger charge is 2.18. The van der Waals surface area contributed by atoms with Crippen LogP contribution in [-0.2, 0) is 0 Å². The van der Waals surface area contributed by atoms with Gasteiger partial charge in [0.25, 0.3) is 0 Å². The van der Waals surface area contributed by atoms with Crippen molar-refractivity contribution in [1.29, 1.82) is 0 Å². The van der Waals surface area contributed by atoms with Crippen LogP contribution in [0.3, 0.4) is 0 Å². The Morgan fingerprint density at radius 3 is 2.53 bits per heavy atom. The van der Waals surface area contributed by atoms with E-state index in [4.69, 9.17) is 0 Å². The Labute approximate surface area is 108 Å². The van der Waals surface area contributed by atoms with Crippen LogP contribution in [0.5, 0.6) is 0 Å². The molecule has 0 heterocycles. The maximum atomic E-state index is 3.73. The first-order chi connectivity index (χ1) is 7.87. The van der Waals surface area contributed by atoms with Gasteiger partial charge in [0, 0.05) is 25.7 Å². The summed E-state index contributed by atoms with van der Waals surface area (Å²) in [6, 6.07) is 0.779. The van der Waals surface area contributed by atoms with Crippen molar-refractivity contribution in [1.82, 2.24) is 10.2 Å². The molecule has 1 N–H and O–H groups in total. The van der Waals surface area contributed by atoms with E-state index >= 15 is 0 Å². The third kappa shape index (κ3) is 7.05. The third-order valence-electron chi connectivity index (χ3n) is 3.61. The molecule has 2 atom stereocenters. The van der Waals surface area contributed by atoms with Crippen molar-refractivity contribution in [2.45, 2.75) is 59.4 Å². The van der Waals surface area contributed by atoms with Gasteiger partial charge in [-0.05, 0) is 31.2 Å². The van der Waals surface area contributed by atoms with E-state index in [0.29, 0.717) is 5.41 Å². The highest BCUT2D eigenvalue weighted by Crippen LogP contribution is 2.23. The monoisotopic (exact) mass is 240 g/mol. The van der Waals surface area contributed by atoms with Crippen LogP contribution < -0.4 is 5.32 Å². The predicted octanol–water partition coefficient (Wildman–Crippen LogP) is 3.13. The maximum absolute atomic E-state index is 3.73. The van der Waals surface area contributed by atoms with Crippen LogP contribution in [0.4, 0.5) is 0 Å². The van der Waals surface area contributed by atoms with Gasteiger partial charge >= 0.3 is 0 Å². The lowest BCUT2D eigenvalue weighted by Crippen LogP contribution is -2.40. The number of hydrogen-bond donors (Lipinski definition) is 1. The largest absolute Gasteiger partial charge is 0.313 e. The zero-order valence-electron chi connectivity index (χ0n) is 12.6. The average Bonchev–Trinajstić information content (AvgIpc) is 2.14. The minimum absolute atomic E-state index is 0.411. The van der Waals surface area contributed by atoms with E-state index in [0.717, 1.165) is 18.5 Å². The van der Waals surface area contributed by atoms with Gasteiger partial charge in [-0.25, -0.2) is 0 Å². The molecule has 2 unspecified atom stereocenters. The van der Waals surface area contributed by atoms with Crippen molar-refractivity contribution in [3.05, 3.63) is 0 Å².